The summed E-state index contributed by atoms with van der Waals surface area (Å²) in [4.78, 5) is 12.0. The number of carbonyl (C=O) groups is 1. The van der Waals surface area contributed by atoms with Crippen LogP contribution in [-0.2, 0) is 0 Å². The van der Waals surface area contributed by atoms with Crippen LogP contribution in [0.25, 0.3) is 0 Å². The molecule has 0 radical (unpaired) electrons. The van der Waals surface area contributed by atoms with Crippen molar-refractivity contribution >= 4 is 44.8 Å². The van der Waals surface area contributed by atoms with E-state index in [9.17, 15) is 9.18 Å². The Labute approximate surface area is 122 Å². The highest BCUT2D eigenvalue weighted by Gasteiger charge is 2.11. The third kappa shape index (κ3) is 3.24. The van der Waals surface area contributed by atoms with Crippen molar-refractivity contribution in [2.75, 3.05) is 11.1 Å². The zero-order valence-electron chi connectivity index (χ0n) is 9.58. The molecule has 0 aliphatic carbocycles. The molecule has 2 aromatic rings. The first-order chi connectivity index (χ1) is 8.97. The molecule has 2 rings (SSSR count). The minimum absolute atomic E-state index is 0.143. The molecule has 19 heavy (non-hydrogen) atoms. The molecule has 1 amide bonds. The first-order valence-corrected chi connectivity index (χ1v) is 6.46. The summed E-state index contributed by atoms with van der Waals surface area (Å²) in [6, 6.07) is 8.72. The lowest BCUT2D eigenvalue weighted by Crippen LogP contribution is -2.13. The number of nitrogen functional groups attached to an aromatic ring is 1. The van der Waals surface area contributed by atoms with E-state index in [4.69, 9.17) is 17.3 Å². The molecule has 0 unspecified atom stereocenters. The van der Waals surface area contributed by atoms with Gasteiger partial charge < -0.3 is 11.1 Å². The second-order valence-corrected chi connectivity index (χ2v) is 5.03. The third-order valence-corrected chi connectivity index (χ3v) is 3.78. The zero-order chi connectivity index (χ0) is 14.0. The van der Waals surface area contributed by atoms with Crippen molar-refractivity contribution in [1.82, 2.24) is 0 Å². The number of amides is 1. The van der Waals surface area contributed by atoms with E-state index in [1.807, 2.05) is 0 Å². The summed E-state index contributed by atoms with van der Waals surface area (Å²) >= 11 is 9.18. The Bertz CT molecular complexity index is 628. The number of hydrogen-bond donors (Lipinski definition) is 2. The molecule has 3 nitrogen and oxygen atoms in total. The SMILES string of the molecule is Nc1cc(F)cc(C(=O)Nc2cccc(Cl)c2Br)c1. The van der Waals surface area contributed by atoms with Crippen molar-refractivity contribution in [3.63, 3.8) is 0 Å². The van der Waals surface area contributed by atoms with Gasteiger partial charge >= 0.3 is 0 Å². The molecule has 0 saturated heterocycles. The predicted molar refractivity (Wildman–Crippen MR) is 77.9 cm³/mol. The number of hydrogen-bond acceptors (Lipinski definition) is 2. The highest BCUT2D eigenvalue weighted by atomic mass is 79.9. The Hall–Kier alpha value is -1.59. The monoisotopic (exact) mass is 342 g/mol. The number of benzene rings is 2. The second-order valence-electron chi connectivity index (χ2n) is 3.83. The van der Waals surface area contributed by atoms with Crippen LogP contribution in [0, 0.1) is 5.82 Å². The number of carbonyl (C=O) groups excluding carboxylic acids is 1. The van der Waals surface area contributed by atoms with Gasteiger partial charge in [0.05, 0.1) is 15.2 Å². The topological polar surface area (TPSA) is 55.1 Å². The Morgan fingerprint density at radius 2 is 2.05 bits per heavy atom. The molecule has 6 heteroatoms. The fraction of sp³-hybridized carbons (Fsp3) is 0. The van der Waals surface area contributed by atoms with Gasteiger partial charge in [-0.25, -0.2) is 4.39 Å². The number of halogens is 3. The quantitative estimate of drug-likeness (QED) is 0.807. The van der Waals surface area contributed by atoms with Gasteiger partial charge in [-0.1, -0.05) is 17.7 Å². The fourth-order valence-corrected chi connectivity index (χ4v) is 2.08. The van der Waals surface area contributed by atoms with Crippen molar-refractivity contribution in [3.8, 4) is 0 Å². The minimum Gasteiger partial charge on any atom is -0.399 e. The van der Waals surface area contributed by atoms with E-state index < -0.39 is 11.7 Å². The van der Waals surface area contributed by atoms with E-state index in [-0.39, 0.29) is 11.3 Å². The van der Waals surface area contributed by atoms with Crippen molar-refractivity contribution in [2.45, 2.75) is 0 Å². The molecule has 98 valence electrons. The normalized spacial score (nSPS) is 10.3. The Balaban J connectivity index is 2.28. The van der Waals surface area contributed by atoms with Gasteiger partial charge in [0.1, 0.15) is 5.82 Å². The standard InChI is InChI=1S/C13H9BrClFN2O/c14-12-10(15)2-1-3-11(12)18-13(19)7-4-8(16)6-9(17)5-7/h1-6H,17H2,(H,18,19). The molecule has 0 heterocycles. The van der Waals surface area contributed by atoms with Gasteiger partial charge in [-0.05, 0) is 46.3 Å². The second kappa shape index (κ2) is 5.59. The van der Waals surface area contributed by atoms with Crippen molar-refractivity contribution in [1.29, 1.82) is 0 Å². The smallest absolute Gasteiger partial charge is 0.255 e. The lowest BCUT2D eigenvalue weighted by Gasteiger charge is -2.09. The summed E-state index contributed by atoms with van der Waals surface area (Å²) in [7, 11) is 0. The van der Waals surface area contributed by atoms with E-state index in [0.717, 1.165) is 12.1 Å². The van der Waals surface area contributed by atoms with Crippen LogP contribution in [0.15, 0.2) is 40.9 Å². The molecule has 0 saturated carbocycles. The Kier molecular flexibility index (Phi) is 4.07. The summed E-state index contributed by atoms with van der Waals surface area (Å²) in [6.07, 6.45) is 0. The van der Waals surface area contributed by atoms with Crippen LogP contribution in [0.5, 0.6) is 0 Å². The molecule has 0 spiro atoms. The third-order valence-electron chi connectivity index (χ3n) is 2.38. The van der Waals surface area contributed by atoms with Gasteiger partial charge in [-0.2, -0.15) is 0 Å². The van der Waals surface area contributed by atoms with Gasteiger partial charge in [0.2, 0.25) is 0 Å². The average molecular weight is 344 g/mol. The van der Waals surface area contributed by atoms with Gasteiger partial charge in [-0.15, -0.1) is 0 Å². The van der Waals surface area contributed by atoms with Crippen LogP contribution in [0.1, 0.15) is 10.4 Å². The van der Waals surface area contributed by atoms with Crippen LogP contribution in [0.2, 0.25) is 5.02 Å². The highest BCUT2D eigenvalue weighted by molar-refractivity contribution is 9.10. The van der Waals surface area contributed by atoms with Gasteiger partial charge in [0, 0.05) is 11.3 Å². The van der Waals surface area contributed by atoms with Crippen LogP contribution in [0.4, 0.5) is 15.8 Å². The van der Waals surface area contributed by atoms with E-state index >= 15 is 0 Å². The molecule has 2 aromatic carbocycles. The zero-order valence-corrected chi connectivity index (χ0v) is 11.9. The van der Waals surface area contributed by atoms with E-state index in [2.05, 4.69) is 21.2 Å². The van der Waals surface area contributed by atoms with Crippen LogP contribution in [0.3, 0.4) is 0 Å². The number of anilines is 2. The van der Waals surface area contributed by atoms with Crippen molar-refractivity contribution < 1.29 is 9.18 Å². The largest absolute Gasteiger partial charge is 0.399 e. The lowest BCUT2D eigenvalue weighted by atomic mass is 10.2. The number of nitrogens with two attached hydrogens (primary N) is 1. The number of rotatable bonds is 2. The maximum Gasteiger partial charge on any atom is 0.255 e. The first-order valence-electron chi connectivity index (χ1n) is 5.29. The Morgan fingerprint density at radius 1 is 1.32 bits per heavy atom. The molecule has 0 atom stereocenters. The van der Waals surface area contributed by atoms with E-state index in [0.29, 0.717) is 15.2 Å². The molecular weight excluding hydrogens is 335 g/mol. The average Bonchev–Trinajstić information content (AvgIpc) is 2.33. The molecular formula is C13H9BrClFN2O. The first kappa shape index (κ1) is 13.8. The predicted octanol–water partition coefficient (Wildman–Crippen LogP) is 4.08. The van der Waals surface area contributed by atoms with Gasteiger partial charge in [0.25, 0.3) is 5.91 Å². The molecule has 0 bridgehead atoms. The van der Waals surface area contributed by atoms with Crippen molar-refractivity contribution in [2.24, 2.45) is 0 Å². The van der Waals surface area contributed by atoms with Gasteiger partial charge in [-0.3, -0.25) is 4.79 Å². The Morgan fingerprint density at radius 3 is 2.74 bits per heavy atom. The summed E-state index contributed by atoms with van der Waals surface area (Å²) in [5, 5.41) is 3.10. The summed E-state index contributed by atoms with van der Waals surface area (Å²) < 4.78 is 13.7. The van der Waals surface area contributed by atoms with Crippen LogP contribution < -0.4 is 11.1 Å². The van der Waals surface area contributed by atoms with Gasteiger partial charge in [0.15, 0.2) is 0 Å². The van der Waals surface area contributed by atoms with Crippen LogP contribution >= 0.6 is 27.5 Å². The lowest BCUT2D eigenvalue weighted by molar-refractivity contribution is 0.102. The van der Waals surface area contributed by atoms with Crippen molar-refractivity contribution in [3.05, 3.63) is 57.3 Å². The maximum atomic E-state index is 13.2. The van der Waals surface area contributed by atoms with E-state index in [1.165, 1.54) is 6.07 Å². The molecule has 0 fully saturated rings. The summed E-state index contributed by atoms with van der Waals surface area (Å²) in [5.41, 5.74) is 6.33. The molecule has 0 aromatic heterocycles. The minimum atomic E-state index is -0.560. The molecule has 3 N–H and O–H groups in total. The summed E-state index contributed by atoms with van der Waals surface area (Å²) in [6.45, 7) is 0. The molecule has 0 aliphatic rings. The summed E-state index contributed by atoms with van der Waals surface area (Å²) in [5.74, 6) is -1.02. The fourth-order valence-electron chi connectivity index (χ4n) is 1.54. The van der Waals surface area contributed by atoms with Crippen LogP contribution in [-0.4, -0.2) is 5.91 Å². The number of nitrogens with one attached hydrogen (secondary N) is 1. The maximum absolute atomic E-state index is 13.2. The highest BCUT2D eigenvalue weighted by Crippen LogP contribution is 2.30. The van der Waals surface area contributed by atoms with E-state index in [1.54, 1.807) is 18.2 Å². The molecule has 0 aliphatic heterocycles.